The Balaban J connectivity index is 2.04. The molecule has 1 saturated heterocycles. The molecule has 0 aromatic rings. The van der Waals surface area contributed by atoms with E-state index in [4.69, 9.17) is 14.7 Å². The first-order valence-electron chi connectivity index (χ1n) is 5.94. The fourth-order valence-corrected chi connectivity index (χ4v) is 2.65. The SMILES string of the molecule is N#CC[C@H]1C[C@@H](CC=O)OC2(CCCC2)O1. The van der Waals surface area contributed by atoms with E-state index in [1.165, 1.54) is 0 Å². The summed E-state index contributed by atoms with van der Waals surface area (Å²) in [6.45, 7) is 0. The Kier molecular flexibility index (Phi) is 3.57. The highest BCUT2D eigenvalue weighted by Gasteiger charge is 2.44. The molecule has 0 amide bonds. The third kappa shape index (κ3) is 2.42. The summed E-state index contributed by atoms with van der Waals surface area (Å²) in [4.78, 5) is 10.6. The van der Waals surface area contributed by atoms with E-state index in [1.54, 1.807) is 0 Å². The van der Waals surface area contributed by atoms with Gasteiger partial charge in [0.25, 0.3) is 0 Å². The Hall–Kier alpha value is -0.920. The van der Waals surface area contributed by atoms with Gasteiger partial charge in [0.2, 0.25) is 0 Å². The Morgan fingerprint density at radius 2 is 2.00 bits per heavy atom. The zero-order valence-electron chi connectivity index (χ0n) is 9.35. The van der Waals surface area contributed by atoms with Crippen LogP contribution in [0.4, 0.5) is 0 Å². The molecule has 0 aromatic carbocycles. The van der Waals surface area contributed by atoms with Gasteiger partial charge in [0.05, 0.1) is 24.7 Å². The Morgan fingerprint density at radius 1 is 1.31 bits per heavy atom. The van der Waals surface area contributed by atoms with Gasteiger partial charge < -0.3 is 14.3 Å². The van der Waals surface area contributed by atoms with Crippen molar-refractivity contribution in [1.82, 2.24) is 0 Å². The van der Waals surface area contributed by atoms with E-state index in [0.29, 0.717) is 19.3 Å². The second kappa shape index (κ2) is 4.94. The quantitative estimate of drug-likeness (QED) is 0.686. The summed E-state index contributed by atoms with van der Waals surface area (Å²) >= 11 is 0. The second-order valence-corrected chi connectivity index (χ2v) is 4.60. The normalized spacial score (nSPS) is 32.4. The third-order valence-electron chi connectivity index (χ3n) is 3.33. The van der Waals surface area contributed by atoms with Gasteiger partial charge in [-0.15, -0.1) is 0 Å². The van der Waals surface area contributed by atoms with Crippen LogP contribution in [0.1, 0.15) is 44.9 Å². The lowest BCUT2D eigenvalue weighted by Gasteiger charge is -2.42. The topological polar surface area (TPSA) is 59.3 Å². The van der Waals surface area contributed by atoms with Gasteiger partial charge in [-0.25, -0.2) is 0 Å². The molecule has 1 aliphatic heterocycles. The third-order valence-corrected chi connectivity index (χ3v) is 3.33. The Bertz CT molecular complexity index is 291. The monoisotopic (exact) mass is 223 g/mol. The highest BCUT2D eigenvalue weighted by Crippen LogP contribution is 2.41. The van der Waals surface area contributed by atoms with Crippen molar-refractivity contribution in [3.05, 3.63) is 0 Å². The minimum absolute atomic E-state index is 0.0669. The van der Waals surface area contributed by atoms with Gasteiger partial charge >= 0.3 is 0 Å². The fourth-order valence-electron chi connectivity index (χ4n) is 2.65. The van der Waals surface area contributed by atoms with Crippen LogP contribution in [0.25, 0.3) is 0 Å². The second-order valence-electron chi connectivity index (χ2n) is 4.60. The molecular weight excluding hydrogens is 206 g/mol. The molecule has 1 aliphatic carbocycles. The molecule has 2 aliphatic rings. The van der Waals surface area contributed by atoms with Crippen molar-refractivity contribution in [1.29, 1.82) is 5.26 Å². The summed E-state index contributed by atoms with van der Waals surface area (Å²) in [6.07, 6.45) is 6.21. The van der Waals surface area contributed by atoms with Crippen molar-refractivity contribution in [2.24, 2.45) is 0 Å². The highest BCUT2D eigenvalue weighted by molar-refractivity contribution is 5.50. The van der Waals surface area contributed by atoms with E-state index >= 15 is 0 Å². The van der Waals surface area contributed by atoms with Gasteiger partial charge in [0, 0.05) is 25.7 Å². The predicted octanol–water partition coefficient (Wildman–Crippen LogP) is 1.93. The first-order chi connectivity index (χ1) is 7.78. The van der Waals surface area contributed by atoms with Crippen LogP contribution in [0.15, 0.2) is 0 Å². The number of aldehydes is 1. The number of nitrogens with zero attached hydrogens (tertiary/aromatic N) is 1. The molecule has 1 heterocycles. The van der Waals surface area contributed by atoms with Crippen molar-refractivity contribution in [2.75, 3.05) is 0 Å². The molecule has 2 rings (SSSR count). The van der Waals surface area contributed by atoms with Crippen LogP contribution >= 0.6 is 0 Å². The lowest BCUT2D eigenvalue weighted by molar-refractivity contribution is -0.312. The summed E-state index contributed by atoms with van der Waals surface area (Å²) in [6, 6.07) is 2.14. The van der Waals surface area contributed by atoms with E-state index < -0.39 is 5.79 Å². The van der Waals surface area contributed by atoms with Crippen LogP contribution in [0.2, 0.25) is 0 Å². The van der Waals surface area contributed by atoms with Crippen molar-refractivity contribution < 1.29 is 14.3 Å². The number of hydrogen-bond donors (Lipinski definition) is 0. The minimum Gasteiger partial charge on any atom is -0.346 e. The average molecular weight is 223 g/mol. The van der Waals surface area contributed by atoms with Gasteiger partial charge in [0.1, 0.15) is 6.29 Å². The van der Waals surface area contributed by atoms with Gasteiger partial charge in [-0.3, -0.25) is 0 Å². The minimum atomic E-state index is -0.493. The van der Waals surface area contributed by atoms with Gasteiger partial charge in [-0.2, -0.15) is 5.26 Å². The van der Waals surface area contributed by atoms with E-state index in [2.05, 4.69) is 6.07 Å². The molecule has 0 unspecified atom stereocenters. The largest absolute Gasteiger partial charge is 0.346 e. The standard InChI is InChI=1S/C12H17NO3/c13-7-3-10-9-11(4-8-14)16-12(15-10)5-1-2-6-12/h8,10-11H,1-6,9H2/t10-,11+/m0/s1. The molecule has 2 atom stereocenters. The maximum atomic E-state index is 10.6. The van der Waals surface area contributed by atoms with Crippen LogP contribution in [0.3, 0.4) is 0 Å². The lowest BCUT2D eigenvalue weighted by atomic mass is 10.0. The molecule has 0 bridgehead atoms. The number of hydrogen-bond acceptors (Lipinski definition) is 4. The molecule has 16 heavy (non-hydrogen) atoms. The number of ether oxygens (including phenoxy) is 2. The van der Waals surface area contributed by atoms with Crippen LogP contribution in [0, 0.1) is 11.3 Å². The zero-order valence-corrected chi connectivity index (χ0v) is 9.35. The molecule has 0 radical (unpaired) electrons. The van der Waals surface area contributed by atoms with Crippen molar-refractivity contribution >= 4 is 6.29 Å². The smallest absolute Gasteiger partial charge is 0.169 e. The van der Waals surface area contributed by atoms with Crippen molar-refractivity contribution in [2.45, 2.75) is 62.9 Å². The summed E-state index contributed by atoms with van der Waals surface area (Å²) < 4.78 is 11.8. The number of nitriles is 1. The van der Waals surface area contributed by atoms with Crippen LogP contribution in [-0.4, -0.2) is 24.3 Å². The molecule has 4 nitrogen and oxygen atoms in total. The average Bonchev–Trinajstić information content (AvgIpc) is 2.66. The zero-order chi connectivity index (χ0) is 11.4. The van der Waals surface area contributed by atoms with Crippen LogP contribution in [0.5, 0.6) is 0 Å². The molecule has 0 N–H and O–H groups in total. The van der Waals surface area contributed by atoms with Gasteiger partial charge in [-0.05, 0) is 12.8 Å². The van der Waals surface area contributed by atoms with E-state index in [0.717, 1.165) is 32.0 Å². The van der Waals surface area contributed by atoms with E-state index in [1.807, 2.05) is 0 Å². The first kappa shape index (κ1) is 11.6. The first-order valence-corrected chi connectivity index (χ1v) is 5.94. The summed E-state index contributed by atoms with van der Waals surface area (Å²) in [5, 5.41) is 8.73. The van der Waals surface area contributed by atoms with Crippen LogP contribution in [-0.2, 0) is 14.3 Å². The van der Waals surface area contributed by atoms with Gasteiger partial charge in [0.15, 0.2) is 5.79 Å². The summed E-state index contributed by atoms with van der Waals surface area (Å²) in [7, 11) is 0. The maximum absolute atomic E-state index is 10.6. The number of rotatable bonds is 3. The van der Waals surface area contributed by atoms with Crippen LogP contribution < -0.4 is 0 Å². The summed E-state index contributed by atoms with van der Waals surface area (Å²) in [5.41, 5.74) is 0. The molecule has 1 saturated carbocycles. The number of carbonyl (C=O) groups is 1. The lowest BCUT2D eigenvalue weighted by Crippen LogP contribution is -2.46. The molecular formula is C12H17NO3. The van der Waals surface area contributed by atoms with Crippen molar-refractivity contribution in [3.8, 4) is 6.07 Å². The Morgan fingerprint density at radius 3 is 2.62 bits per heavy atom. The molecule has 1 spiro atoms. The van der Waals surface area contributed by atoms with Crippen molar-refractivity contribution in [3.63, 3.8) is 0 Å². The van der Waals surface area contributed by atoms with E-state index in [-0.39, 0.29) is 12.2 Å². The molecule has 0 aromatic heterocycles. The molecule has 4 heteroatoms. The predicted molar refractivity (Wildman–Crippen MR) is 56.5 cm³/mol. The van der Waals surface area contributed by atoms with E-state index in [9.17, 15) is 4.79 Å². The maximum Gasteiger partial charge on any atom is 0.169 e. The Labute approximate surface area is 95.5 Å². The highest BCUT2D eigenvalue weighted by atomic mass is 16.7. The number of carbonyl (C=O) groups excluding carboxylic acids is 1. The molecule has 88 valence electrons. The fraction of sp³-hybridized carbons (Fsp3) is 0.833. The summed E-state index contributed by atoms with van der Waals surface area (Å²) in [5.74, 6) is -0.493. The molecule has 2 fully saturated rings. The van der Waals surface area contributed by atoms with Gasteiger partial charge in [-0.1, -0.05) is 0 Å².